The van der Waals surface area contributed by atoms with E-state index in [1.807, 2.05) is 0 Å². The first-order valence-corrected chi connectivity index (χ1v) is 4.08. The molecule has 0 aliphatic heterocycles. The van der Waals surface area contributed by atoms with Crippen LogP contribution in [-0.2, 0) is 11.0 Å². The Balaban J connectivity index is 3.14. The fraction of sp³-hybridized carbons (Fsp3) is 0.222. The quantitative estimate of drug-likeness (QED) is 0.772. The Morgan fingerprint density at radius 3 is 2.31 bits per heavy atom. The van der Waals surface area contributed by atoms with E-state index < -0.39 is 29.6 Å². The van der Waals surface area contributed by atoms with Crippen molar-refractivity contribution in [2.75, 3.05) is 0 Å². The molecule has 0 radical (unpaired) electrons. The van der Waals surface area contributed by atoms with E-state index in [-0.39, 0.29) is 5.56 Å². The third-order valence-electron chi connectivity index (χ3n) is 1.92. The summed E-state index contributed by atoms with van der Waals surface area (Å²) >= 11 is 0. The Bertz CT molecular complexity index is 416. The molecule has 88 valence electrons. The highest BCUT2D eigenvalue weighted by Crippen LogP contribution is 2.32. The predicted octanol–water partition coefficient (Wildman–Crippen LogP) is 1.93. The second-order valence-electron chi connectivity index (χ2n) is 3.05. The molecule has 0 heterocycles. The Labute approximate surface area is 87.5 Å². The summed E-state index contributed by atoms with van der Waals surface area (Å²) < 4.78 is 49.5. The molecule has 0 saturated carbocycles. The van der Waals surface area contributed by atoms with E-state index in [4.69, 9.17) is 10.8 Å². The van der Waals surface area contributed by atoms with Crippen molar-refractivity contribution in [2.45, 2.75) is 12.2 Å². The minimum absolute atomic E-state index is 0.224. The normalized spacial score (nSPS) is 13.6. The molecule has 1 rings (SSSR count). The number of hydrogen-bond acceptors (Lipinski definition) is 2. The number of alkyl halides is 3. The van der Waals surface area contributed by atoms with Gasteiger partial charge < -0.3 is 10.8 Å². The number of rotatable bonds is 2. The van der Waals surface area contributed by atoms with Crippen LogP contribution in [-0.4, -0.2) is 11.1 Å². The molecule has 0 bridgehead atoms. The van der Waals surface area contributed by atoms with Gasteiger partial charge in [0.25, 0.3) is 0 Å². The maximum absolute atomic E-state index is 13.0. The highest BCUT2D eigenvalue weighted by Gasteiger charge is 2.34. The summed E-state index contributed by atoms with van der Waals surface area (Å²) in [7, 11) is 0. The van der Waals surface area contributed by atoms with Crippen LogP contribution in [0.5, 0.6) is 0 Å². The number of aliphatic carboxylic acids is 1. The van der Waals surface area contributed by atoms with Crippen LogP contribution >= 0.6 is 0 Å². The van der Waals surface area contributed by atoms with Gasteiger partial charge in [0.2, 0.25) is 0 Å². The standard InChI is InChI=1S/C9H7F4NO2/c10-6-3-4(7(14)8(15)16)1-2-5(6)9(11,12)13/h1-3,7H,14H2,(H,15,16)/t7-/m1/s1. The minimum atomic E-state index is -4.81. The average molecular weight is 237 g/mol. The molecule has 0 aliphatic rings. The molecular weight excluding hydrogens is 230 g/mol. The molecule has 0 amide bonds. The van der Waals surface area contributed by atoms with E-state index in [0.717, 1.165) is 6.07 Å². The highest BCUT2D eigenvalue weighted by atomic mass is 19.4. The lowest BCUT2D eigenvalue weighted by molar-refractivity contribution is -0.140. The van der Waals surface area contributed by atoms with E-state index in [9.17, 15) is 22.4 Å². The van der Waals surface area contributed by atoms with Crippen molar-refractivity contribution < 1.29 is 27.5 Å². The molecule has 0 unspecified atom stereocenters. The fourth-order valence-corrected chi connectivity index (χ4v) is 1.10. The number of carbonyl (C=O) groups is 1. The summed E-state index contributed by atoms with van der Waals surface area (Å²) in [5, 5.41) is 8.49. The third-order valence-corrected chi connectivity index (χ3v) is 1.92. The Kier molecular flexibility index (Phi) is 3.18. The van der Waals surface area contributed by atoms with Crippen molar-refractivity contribution in [2.24, 2.45) is 5.73 Å². The van der Waals surface area contributed by atoms with Gasteiger partial charge in [-0.15, -0.1) is 0 Å². The summed E-state index contributed by atoms with van der Waals surface area (Å²) in [4.78, 5) is 10.4. The summed E-state index contributed by atoms with van der Waals surface area (Å²) in [6.07, 6.45) is -4.81. The zero-order valence-corrected chi connectivity index (χ0v) is 7.75. The number of nitrogens with two attached hydrogens (primary N) is 1. The molecule has 0 fully saturated rings. The zero-order chi connectivity index (χ0) is 12.5. The van der Waals surface area contributed by atoms with Crippen molar-refractivity contribution >= 4 is 5.97 Å². The number of benzene rings is 1. The molecule has 0 aliphatic carbocycles. The lowest BCUT2D eigenvalue weighted by Gasteiger charge is -2.11. The average Bonchev–Trinajstić information content (AvgIpc) is 2.14. The van der Waals surface area contributed by atoms with E-state index in [2.05, 4.69) is 0 Å². The number of carboxylic acids is 1. The molecule has 1 atom stereocenters. The maximum Gasteiger partial charge on any atom is 0.419 e. The third kappa shape index (κ3) is 2.48. The first-order chi connectivity index (χ1) is 7.23. The van der Waals surface area contributed by atoms with Crippen molar-refractivity contribution in [3.63, 3.8) is 0 Å². The smallest absolute Gasteiger partial charge is 0.419 e. The number of hydrogen-bond donors (Lipinski definition) is 2. The van der Waals surface area contributed by atoms with Crippen LogP contribution in [0, 0.1) is 5.82 Å². The van der Waals surface area contributed by atoms with Crippen LogP contribution in [0.15, 0.2) is 18.2 Å². The van der Waals surface area contributed by atoms with E-state index in [1.54, 1.807) is 0 Å². The van der Waals surface area contributed by atoms with Crippen molar-refractivity contribution in [3.8, 4) is 0 Å². The number of halogens is 4. The largest absolute Gasteiger partial charge is 0.480 e. The summed E-state index contributed by atoms with van der Waals surface area (Å²) in [6.45, 7) is 0. The van der Waals surface area contributed by atoms with Crippen LogP contribution in [0.3, 0.4) is 0 Å². The summed E-state index contributed by atoms with van der Waals surface area (Å²) in [5.74, 6) is -2.99. The Morgan fingerprint density at radius 1 is 1.38 bits per heavy atom. The monoisotopic (exact) mass is 237 g/mol. The van der Waals surface area contributed by atoms with Gasteiger partial charge >= 0.3 is 12.1 Å². The van der Waals surface area contributed by atoms with Gasteiger partial charge in [0.05, 0.1) is 5.56 Å². The van der Waals surface area contributed by atoms with Gasteiger partial charge in [-0.1, -0.05) is 6.07 Å². The van der Waals surface area contributed by atoms with Crippen molar-refractivity contribution in [1.82, 2.24) is 0 Å². The minimum Gasteiger partial charge on any atom is -0.480 e. The molecular formula is C9H7F4NO2. The van der Waals surface area contributed by atoms with Crippen molar-refractivity contribution in [3.05, 3.63) is 35.1 Å². The van der Waals surface area contributed by atoms with Crippen LogP contribution < -0.4 is 5.73 Å². The molecule has 0 saturated heterocycles. The van der Waals surface area contributed by atoms with Gasteiger partial charge in [-0.2, -0.15) is 13.2 Å². The molecule has 3 N–H and O–H groups in total. The zero-order valence-electron chi connectivity index (χ0n) is 7.75. The van der Waals surface area contributed by atoms with Gasteiger partial charge in [0.15, 0.2) is 0 Å². The van der Waals surface area contributed by atoms with Gasteiger partial charge in [0, 0.05) is 0 Å². The van der Waals surface area contributed by atoms with Gasteiger partial charge in [-0.25, -0.2) is 4.39 Å². The lowest BCUT2D eigenvalue weighted by Crippen LogP contribution is -2.21. The van der Waals surface area contributed by atoms with Gasteiger partial charge in [-0.05, 0) is 17.7 Å². The van der Waals surface area contributed by atoms with Gasteiger partial charge in [0.1, 0.15) is 11.9 Å². The first-order valence-electron chi connectivity index (χ1n) is 4.08. The molecule has 3 nitrogen and oxygen atoms in total. The van der Waals surface area contributed by atoms with E-state index >= 15 is 0 Å². The van der Waals surface area contributed by atoms with Crippen molar-refractivity contribution in [1.29, 1.82) is 0 Å². The number of carboxylic acid groups (broad SMARTS) is 1. The Hall–Kier alpha value is -1.63. The molecule has 1 aromatic carbocycles. The topological polar surface area (TPSA) is 63.3 Å². The lowest BCUT2D eigenvalue weighted by atomic mass is 10.0. The van der Waals surface area contributed by atoms with E-state index in [1.165, 1.54) is 0 Å². The highest BCUT2D eigenvalue weighted by molar-refractivity contribution is 5.75. The molecule has 0 spiro atoms. The fourth-order valence-electron chi connectivity index (χ4n) is 1.10. The van der Waals surface area contributed by atoms with Crippen LogP contribution in [0.2, 0.25) is 0 Å². The Morgan fingerprint density at radius 2 is 1.94 bits per heavy atom. The van der Waals surface area contributed by atoms with Gasteiger partial charge in [-0.3, -0.25) is 4.79 Å². The predicted molar refractivity (Wildman–Crippen MR) is 46.0 cm³/mol. The van der Waals surface area contributed by atoms with Crippen LogP contribution in [0.1, 0.15) is 17.2 Å². The molecule has 7 heteroatoms. The second-order valence-corrected chi connectivity index (χ2v) is 3.05. The van der Waals surface area contributed by atoms with E-state index in [0.29, 0.717) is 12.1 Å². The van der Waals surface area contributed by atoms with Crippen LogP contribution in [0.25, 0.3) is 0 Å². The molecule has 16 heavy (non-hydrogen) atoms. The SMILES string of the molecule is N[C@@H](C(=O)O)c1ccc(C(F)(F)F)c(F)c1. The maximum atomic E-state index is 13.0. The van der Waals surface area contributed by atoms with Crippen LogP contribution in [0.4, 0.5) is 17.6 Å². The summed E-state index contributed by atoms with van der Waals surface area (Å²) in [5.41, 5.74) is 3.44. The molecule has 1 aromatic rings. The second kappa shape index (κ2) is 4.09. The summed E-state index contributed by atoms with van der Waals surface area (Å²) in [6, 6.07) is 0.233. The molecule has 0 aromatic heterocycles. The first kappa shape index (κ1) is 12.4.